The van der Waals surface area contributed by atoms with Crippen molar-refractivity contribution >= 4 is 10.8 Å². The van der Waals surface area contributed by atoms with Gasteiger partial charge in [0.1, 0.15) is 0 Å². The second-order valence-corrected chi connectivity index (χ2v) is 6.98. The summed E-state index contributed by atoms with van der Waals surface area (Å²) in [4.78, 5) is 0. The number of hydrogen-bond acceptors (Lipinski definition) is 0. The summed E-state index contributed by atoms with van der Waals surface area (Å²) < 4.78 is 0. The van der Waals surface area contributed by atoms with Gasteiger partial charge in [0.15, 0.2) is 0 Å². The van der Waals surface area contributed by atoms with Crippen LogP contribution in [0.2, 0.25) is 0 Å². The molecule has 1 unspecified atom stereocenters. The fraction of sp³-hybridized carbons (Fsp3) is 0.400. The molecule has 0 amide bonds. The monoisotopic (exact) mass is 260 g/mol. The van der Waals surface area contributed by atoms with E-state index in [0.29, 0.717) is 0 Å². The van der Waals surface area contributed by atoms with Crippen molar-refractivity contribution in [2.45, 2.75) is 25.2 Å². The number of fused-ring (bicyclic) bond motifs is 6. The summed E-state index contributed by atoms with van der Waals surface area (Å²) in [6.45, 7) is 0. The van der Waals surface area contributed by atoms with Gasteiger partial charge in [-0.2, -0.15) is 0 Å². The van der Waals surface area contributed by atoms with Crippen LogP contribution >= 0.6 is 0 Å². The molecule has 0 N–H and O–H groups in total. The van der Waals surface area contributed by atoms with Crippen LogP contribution in [0.1, 0.15) is 30.7 Å². The molecule has 2 saturated carbocycles. The topological polar surface area (TPSA) is 0 Å². The van der Waals surface area contributed by atoms with Crippen molar-refractivity contribution in [2.75, 3.05) is 0 Å². The van der Waals surface area contributed by atoms with Crippen LogP contribution in [0.25, 0.3) is 10.8 Å². The zero-order valence-corrected chi connectivity index (χ0v) is 11.7. The zero-order chi connectivity index (χ0) is 13.1. The maximum Gasteiger partial charge on any atom is -0.0125 e. The van der Waals surface area contributed by atoms with E-state index in [1.807, 2.05) is 0 Å². The average Bonchev–Trinajstić information content (AvgIpc) is 3.19. The van der Waals surface area contributed by atoms with Crippen LogP contribution in [0, 0.1) is 23.7 Å². The van der Waals surface area contributed by atoms with Crippen LogP contribution in [0.15, 0.2) is 54.6 Å². The van der Waals surface area contributed by atoms with Crippen LogP contribution in [0.4, 0.5) is 0 Å². The SMILES string of the molecule is C1=C[C@H]2C[C@@H]1[C@H]1CCC(c3ccc4ccccc4c3)[C@H]12. The molecule has 0 saturated heterocycles. The first-order chi connectivity index (χ1) is 9.90. The number of hydrogen-bond donors (Lipinski definition) is 0. The largest absolute Gasteiger partial charge is 0.0848 e. The predicted octanol–water partition coefficient (Wildman–Crippen LogP) is 5.16. The van der Waals surface area contributed by atoms with Gasteiger partial charge in [-0.15, -0.1) is 0 Å². The first kappa shape index (κ1) is 11.1. The normalized spacial score (nSPS) is 37.7. The van der Waals surface area contributed by atoms with Crippen molar-refractivity contribution in [2.24, 2.45) is 23.7 Å². The van der Waals surface area contributed by atoms with Crippen molar-refractivity contribution in [1.29, 1.82) is 0 Å². The van der Waals surface area contributed by atoms with E-state index < -0.39 is 0 Å². The standard InChI is InChI=1S/C20H20/c1-2-4-14-11-15(6-5-13(14)3-1)18-9-10-19-16-7-8-17(12-16)20(18)19/h1-8,11,16-20H,9-10,12H2/t16-,17+,18?,19-,20-/m1/s1. The Labute approximate surface area is 120 Å². The number of benzene rings is 2. The first-order valence-corrected chi connectivity index (χ1v) is 8.07. The quantitative estimate of drug-likeness (QED) is 0.622. The fourth-order valence-corrected chi connectivity index (χ4v) is 5.36. The minimum atomic E-state index is 0.810. The molecule has 2 aromatic carbocycles. The lowest BCUT2D eigenvalue weighted by molar-refractivity contribution is 0.339. The maximum atomic E-state index is 2.52. The average molecular weight is 260 g/mol. The van der Waals surface area contributed by atoms with E-state index >= 15 is 0 Å². The Hall–Kier alpha value is -1.56. The molecule has 100 valence electrons. The van der Waals surface area contributed by atoms with Crippen molar-refractivity contribution in [3.05, 3.63) is 60.2 Å². The van der Waals surface area contributed by atoms with Gasteiger partial charge in [-0.3, -0.25) is 0 Å². The van der Waals surface area contributed by atoms with E-state index in [9.17, 15) is 0 Å². The van der Waals surface area contributed by atoms with Crippen LogP contribution < -0.4 is 0 Å². The summed E-state index contributed by atoms with van der Waals surface area (Å²) in [6, 6.07) is 15.9. The molecule has 3 aliphatic rings. The molecule has 0 aliphatic heterocycles. The van der Waals surface area contributed by atoms with Gasteiger partial charge in [-0.25, -0.2) is 0 Å². The smallest absolute Gasteiger partial charge is 0.0125 e. The maximum absolute atomic E-state index is 2.52. The molecule has 0 heterocycles. The van der Waals surface area contributed by atoms with Gasteiger partial charge in [-0.05, 0) is 65.2 Å². The molecule has 0 spiro atoms. The Morgan fingerprint density at radius 1 is 0.800 bits per heavy atom. The lowest BCUT2D eigenvalue weighted by Gasteiger charge is -2.26. The van der Waals surface area contributed by atoms with Crippen LogP contribution in [0.3, 0.4) is 0 Å². The zero-order valence-electron chi connectivity index (χ0n) is 11.7. The summed E-state index contributed by atoms with van der Waals surface area (Å²) >= 11 is 0. The highest BCUT2D eigenvalue weighted by atomic mass is 14.6. The molecule has 5 rings (SSSR count). The van der Waals surface area contributed by atoms with Gasteiger partial charge >= 0.3 is 0 Å². The van der Waals surface area contributed by atoms with Crippen molar-refractivity contribution in [1.82, 2.24) is 0 Å². The minimum absolute atomic E-state index is 0.810. The second-order valence-electron chi connectivity index (χ2n) is 6.98. The first-order valence-electron chi connectivity index (χ1n) is 8.07. The Morgan fingerprint density at radius 2 is 1.65 bits per heavy atom. The fourth-order valence-electron chi connectivity index (χ4n) is 5.36. The number of allylic oxidation sites excluding steroid dienone is 2. The van der Waals surface area contributed by atoms with E-state index in [2.05, 4.69) is 54.6 Å². The summed E-state index contributed by atoms with van der Waals surface area (Å²) in [5, 5.41) is 2.78. The summed E-state index contributed by atoms with van der Waals surface area (Å²) in [6.07, 6.45) is 9.33. The summed E-state index contributed by atoms with van der Waals surface area (Å²) in [5.74, 6) is 4.52. The van der Waals surface area contributed by atoms with E-state index in [0.717, 1.165) is 29.6 Å². The van der Waals surface area contributed by atoms with Gasteiger partial charge in [0.25, 0.3) is 0 Å². The molecule has 2 fully saturated rings. The van der Waals surface area contributed by atoms with Crippen LogP contribution in [-0.4, -0.2) is 0 Å². The molecule has 5 atom stereocenters. The second kappa shape index (κ2) is 3.97. The third kappa shape index (κ3) is 1.43. The Balaban J connectivity index is 1.57. The molecular formula is C20H20. The van der Waals surface area contributed by atoms with Crippen molar-refractivity contribution in [3.63, 3.8) is 0 Å². The molecule has 0 nitrogen and oxygen atoms in total. The Morgan fingerprint density at radius 3 is 2.60 bits per heavy atom. The molecule has 2 bridgehead atoms. The summed E-state index contributed by atoms with van der Waals surface area (Å²) in [7, 11) is 0. The van der Waals surface area contributed by atoms with E-state index in [1.165, 1.54) is 30.0 Å². The molecule has 0 aromatic heterocycles. The summed E-state index contributed by atoms with van der Waals surface area (Å²) in [5.41, 5.74) is 1.59. The molecule has 20 heavy (non-hydrogen) atoms. The van der Waals surface area contributed by atoms with Gasteiger partial charge in [-0.1, -0.05) is 54.6 Å². The molecular weight excluding hydrogens is 240 g/mol. The highest BCUT2D eigenvalue weighted by Crippen LogP contribution is 2.60. The van der Waals surface area contributed by atoms with Gasteiger partial charge in [0.05, 0.1) is 0 Å². The molecule has 2 aromatic rings. The van der Waals surface area contributed by atoms with Gasteiger partial charge in [0.2, 0.25) is 0 Å². The lowest BCUT2D eigenvalue weighted by Crippen LogP contribution is -2.18. The van der Waals surface area contributed by atoms with Gasteiger partial charge < -0.3 is 0 Å². The minimum Gasteiger partial charge on any atom is -0.0848 e. The Bertz CT molecular complexity index is 696. The molecule has 0 heteroatoms. The molecule has 0 radical (unpaired) electrons. The predicted molar refractivity (Wildman–Crippen MR) is 83.6 cm³/mol. The van der Waals surface area contributed by atoms with Crippen LogP contribution in [0.5, 0.6) is 0 Å². The van der Waals surface area contributed by atoms with E-state index in [-0.39, 0.29) is 0 Å². The van der Waals surface area contributed by atoms with Crippen LogP contribution in [-0.2, 0) is 0 Å². The van der Waals surface area contributed by atoms with E-state index in [1.54, 1.807) is 5.56 Å². The third-order valence-corrected chi connectivity index (χ3v) is 6.17. The lowest BCUT2D eigenvalue weighted by atomic mass is 9.78. The van der Waals surface area contributed by atoms with Crippen molar-refractivity contribution < 1.29 is 0 Å². The number of rotatable bonds is 1. The Kier molecular flexibility index (Phi) is 2.21. The highest BCUT2D eigenvalue weighted by Gasteiger charge is 2.51. The highest BCUT2D eigenvalue weighted by molar-refractivity contribution is 5.83. The van der Waals surface area contributed by atoms with Crippen molar-refractivity contribution in [3.8, 4) is 0 Å². The van der Waals surface area contributed by atoms with E-state index in [4.69, 9.17) is 0 Å². The third-order valence-electron chi connectivity index (χ3n) is 6.17. The molecule has 3 aliphatic carbocycles. The van der Waals surface area contributed by atoms with Gasteiger partial charge in [0, 0.05) is 0 Å².